The van der Waals surface area contributed by atoms with Crippen molar-refractivity contribution in [2.24, 2.45) is 5.92 Å². The summed E-state index contributed by atoms with van der Waals surface area (Å²) in [7, 11) is 0. The molecular formula is C33H35F3N2O5. The number of carbonyl (C=O) groups excluding carboxylic acids is 2. The third-order valence-electron chi connectivity index (χ3n) is 7.57. The van der Waals surface area contributed by atoms with Crippen LogP contribution in [0.4, 0.5) is 13.2 Å². The fourth-order valence-electron chi connectivity index (χ4n) is 5.11. The number of ether oxygens (including phenoxy) is 1. The zero-order valence-electron chi connectivity index (χ0n) is 23.7. The van der Waals surface area contributed by atoms with Crippen molar-refractivity contribution in [2.45, 2.75) is 57.3 Å². The van der Waals surface area contributed by atoms with Crippen molar-refractivity contribution in [3.8, 4) is 5.75 Å². The molecule has 2 N–H and O–H groups in total. The van der Waals surface area contributed by atoms with E-state index in [0.717, 1.165) is 23.3 Å². The third-order valence-corrected chi connectivity index (χ3v) is 7.57. The van der Waals surface area contributed by atoms with E-state index in [1.54, 1.807) is 35.2 Å². The topological polar surface area (TPSA) is 95.9 Å². The quantitative estimate of drug-likeness (QED) is 0.282. The molecule has 1 heterocycles. The van der Waals surface area contributed by atoms with E-state index >= 15 is 0 Å². The first kappa shape index (κ1) is 31.6. The number of aryl methyl sites for hydroxylation is 1. The van der Waals surface area contributed by atoms with Crippen LogP contribution in [0.5, 0.6) is 5.75 Å². The van der Waals surface area contributed by atoms with Crippen LogP contribution in [0.1, 0.15) is 47.9 Å². The van der Waals surface area contributed by atoms with Crippen LogP contribution in [-0.2, 0) is 40.0 Å². The second kappa shape index (κ2) is 14.7. The van der Waals surface area contributed by atoms with Crippen molar-refractivity contribution < 1.29 is 37.4 Å². The van der Waals surface area contributed by atoms with E-state index in [-0.39, 0.29) is 43.4 Å². The molecule has 3 aromatic rings. The number of hydrogen-bond acceptors (Lipinski definition) is 4. The average molecular weight is 597 g/mol. The first-order valence-corrected chi connectivity index (χ1v) is 14.3. The molecule has 0 bridgehead atoms. The molecule has 7 nitrogen and oxygen atoms in total. The third kappa shape index (κ3) is 9.87. The molecule has 43 heavy (non-hydrogen) atoms. The number of nitrogens with zero attached hydrogens (tertiary/aromatic N) is 1. The molecule has 1 saturated heterocycles. The van der Waals surface area contributed by atoms with Crippen molar-refractivity contribution in [3.63, 3.8) is 0 Å². The summed E-state index contributed by atoms with van der Waals surface area (Å²) < 4.78 is 44.6. The highest BCUT2D eigenvalue weighted by atomic mass is 19.4. The lowest BCUT2D eigenvalue weighted by atomic mass is 9.92. The second-order valence-electron chi connectivity index (χ2n) is 10.8. The molecule has 0 radical (unpaired) electrons. The number of rotatable bonds is 12. The van der Waals surface area contributed by atoms with Gasteiger partial charge in [-0.2, -0.15) is 13.2 Å². The molecule has 1 aliphatic heterocycles. The standard InChI is InChI=1S/C33H35F3N2O5/c34-33(35,36)27-8-4-7-23(19-27)11-14-31(40)38-17-15-25(16-18-38)21-30(39)37-29(32(41)42)20-24-9-12-28(13-10-24)43-22-26-5-2-1-3-6-26/h1-10,12-13,19,25,29H,11,14-18,20-22H2,(H,37,39)(H,41,42)/t29-/m0/s1. The van der Waals surface area contributed by atoms with Gasteiger partial charge in [-0.25, -0.2) is 4.79 Å². The summed E-state index contributed by atoms with van der Waals surface area (Å²) >= 11 is 0. The van der Waals surface area contributed by atoms with Gasteiger partial charge in [-0.3, -0.25) is 9.59 Å². The lowest BCUT2D eigenvalue weighted by Crippen LogP contribution is -2.44. The Kier molecular flexibility index (Phi) is 10.8. The summed E-state index contributed by atoms with van der Waals surface area (Å²) in [5.74, 6) is -0.960. The molecule has 0 aliphatic carbocycles. The molecule has 3 aromatic carbocycles. The van der Waals surface area contributed by atoms with Crippen molar-refractivity contribution in [1.29, 1.82) is 0 Å². The number of hydrogen-bond donors (Lipinski definition) is 2. The van der Waals surface area contributed by atoms with Crippen LogP contribution in [0, 0.1) is 5.92 Å². The van der Waals surface area contributed by atoms with Crippen LogP contribution in [-0.4, -0.2) is 46.9 Å². The van der Waals surface area contributed by atoms with Gasteiger partial charge in [0.25, 0.3) is 0 Å². The minimum atomic E-state index is -4.43. The number of piperidine rings is 1. The van der Waals surface area contributed by atoms with Crippen molar-refractivity contribution in [3.05, 3.63) is 101 Å². The molecule has 4 rings (SSSR count). The predicted octanol–water partition coefficient (Wildman–Crippen LogP) is 5.66. The summed E-state index contributed by atoms with van der Waals surface area (Å²) in [5.41, 5.74) is 1.50. The van der Waals surface area contributed by atoms with Crippen LogP contribution < -0.4 is 10.1 Å². The lowest BCUT2D eigenvalue weighted by Gasteiger charge is -2.32. The van der Waals surface area contributed by atoms with Crippen LogP contribution in [0.15, 0.2) is 78.9 Å². The highest BCUT2D eigenvalue weighted by Crippen LogP contribution is 2.30. The highest BCUT2D eigenvalue weighted by Gasteiger charge is 2.30. The van der Waals surface area contributed by atoms with Gasteiger partial charge in [0.1, 0.15) is 18.4 Å². The number of halogens is 3. The number of carboxylic acids is 1. The Labute approximate surface area is 248 Å². The molecule has 1 fully saturated rings. The number of carboxylic acid groups (broad SMARTS) is 1. The number of alkyl halides is 3. The highest BCUT2D eigenvalue weighted by molar-refractivity contribution is 5.84. The fourth-order valence-corrected chi connectivity index (χ4v) is 5.11. The van der Waals surface area contributed by atoms with Gasteiger partial charge in [0, 0.05) is 32.4 Å². The molecule has 1 atom stereocenters. The molecular weight excluding hydrogens is 561 g/mol. The molecule has 0 saturated carbocycles. The maximum Gasteiger partial charge on any atom is 0.416 e. The molecule has 10 heteroatoms. The Balaban J connectivity index is 1.18. The Morgan fingerprint density at radius 1 is 0.907 bits per heavy atom. The average Bonchev–Trinajstić information content (AvgIpc) is 2.99. The van der Waals surface area contributed by atoms with Crippen LogP contribution in [0.25, 0.3) is 0 Å². The van der Waals surface area contributed by atoms with Gasteiger partial charge < -0.3 is 20.1 Å². The zero-order valence-corrected chi connectivity index (χ0v) is 23.7. The molecule has 228 valence electrons. The minimum Gasteiger partial charge on any atom is -0.489 e. The zero-order chi connectivity index (χ0) is 30.8. The van der Waals surface area contributed by atoms with Gasteiger partial charge in [0.2, 0.25) is 11.8 Å². The van der Waals surface area contributed by atoms with E-state index in [9.17, 15) is 32.7 Å². The number of nitrogens with one attached hydrogen (secondary N) is 1. The Morgan fingerprint density at radius 3 is 2.23 bits per heavy atom. The van der Waals surface area contributed by atoms with Gasteiger partial charge in [0.05, 0.1) is 5.56 Å². The van der Waals surface area contributed by atoms with Gasteiger partial charge in [-0.05, 0) is 60.1 Å². The summed E-state index contributed by atoms with van der Waals surface area (Å²) in [6.45, 7) is 1.31. The van der Waals surface area contributed by atoms with Crippen molar-refractivity contribution in [1.82, 2.24) is 10.2 Å². The Hall–Kier alpha value is -4.34. The molecule has 1 aliphatic rings. The number of aliphatic carboxylic acids is 1. The smallest absolute Gasteiger partial charge is 0.416 e. The number of carbonyl (C=O) groups is 3. The maximum absolute atomic E-state index is 12.9. The first-order valence-electron chi connectivity index (χ1n) is 14.3. The van der Waals surface area contributed by atoms with Gasteiger partial charge in [-0.15, -0.1) is 0 Å². The Morgan fingerprint density at radius 2 is 1.58 bits per heavy atom. The normalized spacial score (nSPS) is 14.6. The molecule has 0 spiro atoms. The Bertz CT molecular complexity index is 1370. The summed E-state index contributed by atoms with van der Waals surface area (Å²) in [6, 6.07) is 20.7. The second-order valence-corrected chi connectivity index (χ2v) is 10.8. The SMILES string of the molecule is O=C(CC1CCN(C(=O)CCc2cccc(C(F)(F)F)c2)CC1)N[C@@H](Cc1ccc(OCc2ccccc2)cc1)C(=O)O. The minimum absolute atomic E-state index is 0.00279. The molecule has 0 unspecified atom stereocenters. The summed E-state index contributed by atoms with van der Waals surface area (Å²) in [5, 5.41) is 12.3. The largest absolute Gasteiger partial charge is 0.489 e. The van der Waals surface area contributed by atoms with E-state index in [0.29, 0.717) is 43.9 Å². The fraction of sp³-hybridized carbons (Fsp3) is 0.364. The summed E-state index contributed by atoms with van der Waals surface area (Å²) in [6.07, 6.45) is -2.66. The van der Waals surface area contributed by atoms with E-state index in [1.807, 2.05) is 30.3 Å². The van der Waals surface area contributed by atoms with E-state index in [4.69, 9.17) is 4.74 Å². The number of amides is 2. The van der Waals surface area contributed by atoms with E-state index < -0.39 is 23.8 Å². The number of benzene rings is 3. The van der Waals surface area contributed by atoms with Gasteiger partial charge in [0.15, 0.2) is 0 Å². The monoisotopic (exact) mass is 596 g/mol. The van der Waals surface area contributed by atoms with Crippen LogP contribution in [0.3, 0.4) is 0 Å². The van der Waals surface area contributed by atoms with Gasteiger partial charge >= 0.3 is 12.1 Å². The number of likely N-dealkylation sites (tertiary alicyclic amines) is 1. The molecule has 0 aromatic heterocycles. The predicted molar refractivity (Wildman–Crippen MR) is 154 cm³/mol. The van der Waals surface area contributed by atoms with E-state index in [1.165, 1.54) is 6.07 Å². The van der Waals surface area contributed by atoms with Gasteiger partial charge in [-0.1, -0.05) is 60.7 Å². The lowest BCUT2D eigenvalue weighted by molar-refractivity contribution is -0.142. The van der Waals surface area contributed by atoms with Crippen LogP contribution >= 0.6 is 0 Å². The summed E-state index contributed by atoms with van der Waals surface area (Å²) in [4.78, 5) is 38.9. The van der Waals surface area contributed by atoms with E-state index in [2.05, 4.69) is 5.32 Å². The van der Waals surface area contributed by atoms with Crippen molar-refractivity contribution in [2.75, 3.05) is 13.1 Å². The molecule has 2 amide bonds. The van der Waals surface area contributed by atoms with Crippen LogP contribution in [0.2, 0.25) is 0 Å². The maximum atomic E-state index is 12.9. The first-order chi connectivity index (χ1) is 20.6. The van der Waals surface area contributed by atoms with Crippen molar-refractivity contribution >= 4 is 17.8 Å².